The number of H-pyrrole nitrogens is 2. The van der Waals surface area contributed by atoms with Gasteiger partial charge in [0.1, 0.15) is 17.7 Å². The Morgan fingerprint density at radius 1 is 0.727 bits per heavy atom. The summed E-state index contributed by atoms with van der Waals surface area (Å²) in [7, 11) is 0. The molecule has 0 bridgehead atoms. The van der Waals surface area contributed by atoms with E-state index in [1.807, 2.05) is 42.3 Å². The van der Waals surface area contributed by atoms with E-state index in [4.69, 9.17) is 4.98 Å². The van der Waals surface area contributed by atoms with Gasteiger partial charge in [0.25, 0.3) is 5.91 Å². The van der Waals surface area contributed by atoms with E-state index in [1.54, 1.807) is 35.4 Å². The second-order valence-corrected chi connectivity index (χ2v) is 14.4. The van der Waals surface area contributed by atoms with Crippen LogP contribution in [-0.4, -0.2) is 65.8 Å². The zero-order chi connectivity index (χ0) is 37.9. The number of amides is 3. The molecule has 0 saturated carbocycles. The van der Waals surface area contributed by atoms with Crippen molar-refractivity contribution in [3.05, 3.63) is 144 Å². The van der Waals surface area contributed by atoms with Crippen LogP contribution in [0.3, 0.4) is 0 Å². The molecule has 8 rings (SSSR count). The normalized spacial score (nSPS) is 17.3. The maximum Gasteiger partial charge on any atom is 0.405 e. The summed E-state index contributed by atoms with van der Waals surface area (Å²) in [6.45, 7) is 3.31. The van der Waals surface area contributed by atoms with Gasteiger partial charge in [-0.1, -0.05) is 109 Å². The SMILES string of the molecule is Cc1cccc(CC(=O)N2CCC[C@H]2c2ncc(-c3ccc(-c4ccc(-c5cnc([C@@H]6CCCN6C(=O)[C@H](NC(=O)O)c6ccccc6)[nH]5)cc4)cc3)[nH]2)c1. The lowest BCUT2D eigenvalue weighted by atomic mass is 10.0. The number of nitrogens with one attached hydrogen (secondary N) is 3. The Hall–Kier alpha value is -6.49. The predicted octanol–water partition coefficient (Wildman–Crippen LogP) is 8.02. The van der Waals surface area contributed by atoms with Gasteiger partial charge >= 0.3 is 6.09 Å². The van der Waals surface area contributed by atoms with Gasteiger partial charge in [0.05, 0.1) is 42.3 Å². The topological polar surface area (TPSA) is 147 Å². The minimum Gasteiger partial charge on any atom is -0.465 e. The van der Waals surface area contributed by atoms with Gasteiger partial charge in [-0.3, -0.25) is 9.59 Å². The molecule has 3 atom stereocenters. The molecule has 55 heavy (non-hydrogen) atoms. The molecule has 0 spiro atoms. The number of likely N-dealkylation sites (tertiary alicyclic amines) is 2. The number of rotatable bonds is 10. The number of nitrogens with zero attached hydrogens (tertiary/aromatic N) is 4. The van der Waals surface area contributed by atoms with Gasteiger partial charge in [0, 0.05) is 13.1 Å². The van der Waals surface area contributed by atoms with Crippen LogP contribution in [0.15, 0.2) is 116 Å². The van der Waals surface area contributed by atoms with E-state index < -0.39 is 12.1 Å². The van der Waals surface area contributed by atoms with Crippen LogP contribution in [0.2, 0.25) is 0 Å². The second kappa shape index (κ2) is 15.5. The summed E-state index contributed by atoms with van der Waals surface area (Å²) in [6, 6.07) is 32.3. The first-order valence-corrected chi connectivity index (χ1v) is 18.8. The van der Waals surface area contributed by atoms with Gasteiger partial charge in [-0.05, 0) is 66.0 Å². The fourth-order valence-corrected chi connectivity index (χ4v) is 7.97. The number of aromatic nitrogens is 4. The molecular formula is C44H43N7O4. The Bertz CT molecular complexity index is 2300. The molecule has 0 aliphatic carbocycles. The Morgan fingerprint density at radius 3 is 1.84 bits per heavy atom. The van der Waals surface area contributed by atoms with Gasteiger partial charge < -0.3 is 30.2 Å². The van der Waals surface area contributed by atoms with E-state index in [-0.39, 0.29) is 23.9 Å². The molecule has 2 aliphatic rings. The van der Waals surface area contributed by atoms with E-state index in [0.29, 0.717) is 24.4 Å². The number of hydrogen-bond donors (Lipinski definition) is 4. The number of carboxylic acid groups (broad SMARTS) is 1. The van der Waals surface area contributed by atoms with Crippen molar-refractivity contribution in [2.45, 2.75) is 57.2 Å². The van der Waals surface area contributed by atoms with E-state index in [2.05, 4.69) is 74.9 Å². The molecule has 2 saturated heterocycles. The molecule has 4 N–H and O–H groups in total. The Balaban J connectivity index is 0.919. The smallest absolute Gasteiger partial charge is 0.405 e. The van der Waals surface area contributed by atoms with Gasteiger partial charge in [-0.15, -0.1) is 0 Å². The van der Waals surface area contributed by atoms with E-state index >= 15 is 0 Å². The number of aryl methyl sites for hydroxylation is 1. The highest BCUT2D eigenvalue weighted by Crippen LogP contribution is 2.35. The van der Waals surface area contributed by atoms with Crippen molar-refractivity contribution in [3.8, 4) is 33.6 Å². The van der Waals surface area contributed by atoms with E-state index in [0.717, 1.165) is 82.8 Å². The van der Waals surface area contributed by atoms with Crippen molar-refractivity contribution in [2.24, 2.45) is 0 Å². The largest absolute Gasteiger partial charge is 0.465 e. The van der Waals surface area contributed by atoms with Crippen LogP contribution in [0.4, 0.5) is 4.79 Å². The van der Waals surface area contributed by atoms with Crippen LogP contribution in [0.25, 0.3) is 33.6 Å². The summed E-state index contributed by atoms with van der Waals surface area (Å²) in [4.78, 5) is 58.6. The van der Waals surface area contributed by atoms with Crippen molar-refractivity contribution in [1.29, 1.82) is 0 Å². The van der Waals surface area contributed by atoms with Crippen LogP contribution in [0, 0.1) is 6.92 Å². The summed E-state index contributed by atoms with van der Waals surface area (Å²) in [5.41, 5.74) is 8.68. The number of hydrogen-bond acceptors (Lipinski definition) is 5. The number of carbonyl (C=O) groups is 3. The third-order valence-corrected chi connectivity index (χ3v) is 10.7. The van der Waals surface area contributed by atoms with Crippen molar-refractivity contribution in [2.75, 3.05) is 13.1 Å². The fourth-order valence-electron chi connectivity index (χ4n) is 7.97. The van der Waals surface area contributed by atoms with Crippen LogP contribution < -0.4 is 5.32 Å². The third-order valence-electron chi connectivity index (χ3n) is 10.7. The van der Waals surface area contributed by atoms with Crippen molar-refractivity contribution >= 4 is 17.9 Å². The molecule has 4 aromatic carbocycles. The monoisotopic (exact) mass is 733 g/mol. The van der Waals surface area contributed by atoms with Crippen molar-refractivity contribution in [1.82, 2.24) is 35.1 Å². The molecule has 2 fully saturated rings. The number of carbonyl (C=O) groups excluding carboxylic acids is 2. The average Bonchev–Trinajstić information content (AvgIpc) is 4.04. The van der Waals surface area contributed by atoms with Crippen molar-refractivity contribution < 1.29 is 19.5 Å². The van der Waals surface area contributed by atoms with Gasteiger partial charge in [0.15, 0.2) is 0 Å². The highest BCUT2D eigenvalue weighted by atomic mass is 16.4. The maximum atomic E-state index is 13.7. The lowest BCUT2D eigenvalue weighted by Crippen LogP contribution is -2.42. The van der Waals surface area contributed by atoms with Crippen LogP contribution in [0.5, 0.6) is 0 Å². The molecule has 6 aromatic rings. The molecule has 11 nitrogen and oxygen atoms in total. The summed E-state index contributed by atoms with van der Waals surface area (Å²) in [5, 5.41) is 11.9. The molecule has 2 aromatic heterocycles. The van der Waals surface area contributed by atoms with E-state index in [9.17, 15) is 19.5 Å². The minimum absolute atomic E-state index is 0.0532. The lowest BCUT2D eigenvalue weighted by molar-refractivity contribution is -0.134. The second-order valence-electron chi connectivity index (χ2n) is 14.4. The Morgan fingerprint density at radius 2 is 1.27 bits per heavy atom. The maximum absolute atomic E-state index is 13.7. The summed E-state index contributed by atoms with van der Waals surface area (Å²) >= 11 is 0. The number of aromatic amines is 2. The summed E-state index contributed by atoms with van der Waals surface area (Å²) < 4.78 is 0. The molecular weight excluding hydrogens is 691 g/mol. The molecule has 4 heterocycles. The molecule has 3 amide bonds. The van der Waals surface area contributed by atoms with Gasteiger partial charge in [0.2, 0.25) is 5.91 Å². The highest BCUT2D eigenvalue weighted by Gasteiger charge is 2.37. The summed E-state index contributed by atoms with van der Waals surface area (Å²) in [6.07, 6.45) is 6.16. The van der Waals surface area contributed by atoms with Gasteiger partial charge in [-0.2, -0.15) is 0 Å². The quantitative estimate of drug-likeness (QED) is 0.112. The molecule has 278 valence electrons. The van der Waals surface area contributed by atoms with Crippen LogP contribution >= 0.6 is 0 Å². The first-order valence-electron chi connectivity index (χ1n) is 18.8. The molecule has 0 unspecified atom stereocenters. The summed E-state index contributed by atoms with van der Waals surface area (Å²) in [5.74, 6) is 1.34. The standard InChI is InChI=1S/C44H43N7O4/c1-28-8-5-9-29(24-28)25-39(52)50-22-6-12-37(50)41-45-26-35(47-41)32-18-14-30(15-19-32)31-16-20-33(21-17-31)36-27-46-42(48-36)38-13-7-23-51(38)43(53)40(49-44(54)55)34-10-3-2-4-11-34/h2-5,8-11,14-21,24,26-27,37-38,40,49H,6-7,12-13,22-23,25H2,1H3,(H,45,47)(H,46,48)(H,54,55)/t37-,38-,40+/m0/s1. The highest BCUT2D eigenvalue weighted by molar-refractivity contribution is 5.87. The predicted molar refractivity (Wildman–Crippen MR) is 210 cm³/mol. The fraction of sp³-hybridized carbons (Fsp3) is 0.250. The Kier molecular flexibility index (Phi) is 9.99. The van der Waals surface area contributed by atoms with Crippen LogP contribution in [-0.2, 0) is 16.0 Å². The molecule has 0 radical (unpaired) electrons. The first kappa shape index (κ1) is 35.5. The van der Waals surface area contributed by atoms with Crippen LogP contribution in [0.1, 0.15) is 72.1 Å². The number of benzene rings is 4. The van der Waals surface area contributed by atoms with Crippen molar-refractivity contribution in [3.63, 3.8) is 0 Å². The number of imidazole rings is 2. The average molecular weight is 734 g/mol. The molecule has 2 aliphatic heterocycles. The molecule has 11 heteroatoms. The Labute approximate surface area is 319 Å². The van der Waals surface area contributed by atoms with E-state index in [1.165, 1.54) is 0 Å². The first-order chi connectivity index (χ1) is 26.8. The zero-order valence-electron chi connectivity index (χ0n) is 30.6. The zero-order valence-corrected chi connectivity index (χ0v) is 30.6. The third kappa shape index (κ3) is 7.64. The lowest BCUT2D eigenvalue weighted by Gasteiger charge is -2.28. The minimum atomic E-state index is -1.25. The van der Waals surface area contributed by atoms with Gasteiger partial charge in [-0.25, -0.2) is 14.8 Å².